The fourth-order valence-electron chi connectivity index (χ4n) is 1.24. The van der Waals surface area contributed by atoms with E-state index in [1.165, 1.54) is 11.8 Å². The Morgan fingerprint density at radius 2 is 1.87 bits per heavy atom. The van der Waals surface area contributed by atoms with Crippen LogP contribution >= 0.6 is 11.8 Å². The third-order valence-corrected chi connectivity index (χ3v) is 3.13. The van der Waals surface area contributed by atoms with Crippen molar-refractivity contribution in [3.8, 4) is 0 Å². The van der Waals surface area contributed by atoms with Crippen molar-refractivity contribution >= 4 is 17.4 Å². The van der Waals surface area contributed by atoms with E-state index < -0.39 is 0 Å². The van der Waals surface area contributed by atoms with Crippen LogP contribution in [0.1, 0.15) is 5.56 Å². The van der Waals surface area contributed by atoms with Crippen molar-refractivity contribution in [1.82, 2.24) is 9.97 Å². The first-order valence-electron chi connectivity index (χ1n) is 4.57. The summed E-state index contributed by atoms with van der Waals surface area (Å²) in [5.41, 5.74) is 7.81. The molecule has 0 aliphatic rings. The van der Waals surface area contributed by atoms with Gasteiger partial charge in [-0.1, -0.05) is 12.1 Å². The molecule has 0 spiro atoms. The van der Waals surface area contributed by atoms with Crippen LogP contribution in [0.3, 0.4) is 0 Å². The van der Waals surface area contributed by atoms with Crippen molar-refractivity contribution in [2.75, 3.05) is 5.73 Å². The summed E-state index contributed by atoms with van der Waals surface area (Å²) < 4.78 is 0. The molecule has 4 heteroatoms. The second kappa shape index (κ2) is 4.31. The Hall–Kier alpha value is -1.55. The standard InChI is InChI=1S/C11H11N3S/c1-8-4-2-5-9(12)10(8)15-11-13-6-3-7-14-11/h2-7H,12H2,1H3. The number of nitrogens with two attached hydrogens (primary N) is 1. The van der Waals surface area contributed by atoms with Crippen LogP contribution in [0.2, 0.25) is 0 Å². The summed E-state index contributed by atoms with van der Waals surface area (Å²) in [6, 6.07) is 7.66. The van der Waals surface area contributed by atoms with E-state index in [0.29, 0.717) is 0 Å². The minimum Gasteiger partial charge on any atom is -0.398 e. The van der Waals surface area contributed by atoms with E-state index in [4.69, 9.17) is 5.73 Å². The molecule has 0 fully saturated rings. The lowest BCUT2D eigenvalue weighted by molar-refractivity contribution is 0.966. The van der Waals surface area contributed by atoms with Crippen LogP contribution in [0.25, 0.3) is 0 Å². The second-order valence-electron chi connectivity index (χ2n) is 3.13. The Balaban J connectivity index is 2.32. The molecule has 0 aliphatic heterocycles. The highest BCUT2D eigenvalue weighted by molar-refractivity contribution is 7.99. The summed E-state index contributed by atoms with van der Waals surface area (Å²) in [6.45, 7) is 2.03. The summed E-state index contributed by atoms with van der Waals surface area (Å²) in [5, 5.41) is 0.721. The minimum atomic E-state index is 0.721. The van der Waals surface area contributed by atoms with Gasteiger partial charge < -0.3 is 5.73 Å². The first-order valence-corrected chi connectivity index (χ1v) is 5.39. The predicted octanol–water partition coefficient (Wildman–Crippen LogP) is 2.52. The normalized spacial score (nSPS) is 10.2. The molecule has 2 aromatic rings. The molecule has 15 heavy (non-hydrogen) atoms. The molecule has 0 atom stereocenters. The first kappa shape index (κ1) is 9.98. The van der Waals surface area contributed by atoms with Gasteiger partial charge in [0.2, 0.25) is 0 Å². The van der Waals surface area contributed by atoms with Gasteiger partial charge in [0.15, 0.2) is 5.16 Å². The van der Waals surface area contributed by atoms with Crippen LogP contribution in [0.5, 0.6) is 0 Å². The smallest absolute Gasteiger partial charge is 0.192 e. The number of aromatic nitrogens is 2. The zero-order chi connectivity index (χ0) is 10.7. The fourth-order valence-corrected chi connectivity index (χ4v) is 2.07. The molecular formula is C11H11N3S. The van der Waals surface area contributed by atoms with E-state index in [1.54, 1.807) is 18.5 Å². The largest absolute Gasteiger partial charge is 0.398 e. The van der Waals surface area contributed by atoms with Crippen molar-refractivity contribution < 1.29 is 0 Å². The number of anilines is 1. The predicted molar refractivity (Wildman–Crippen MR) is 61.7 cm³/mol. The summed E-state index contributed by atoms with van der Waals surface area (Å²) in [5.74, 6) is 0. The molecule has 2 rings (SSSR count). The molecule has 0 unspecified atom stereocenters. The topological polar surface area (TPSA) is 51.8 Å². The van der Waals surface area contributed by atoms with Gasteiger partial charge in [0.05, 0.1) is 0 Å². The van der Waals surface area contributed by atoms with Crippen molar-refractivity contribution in [2.24, 2.45) is 0 Å². The van der Waals surface area contributed by atoms with Gasteiger partial charge in [-0.25, -0.2) is 9.97 Å². The molecule has 1 aromatic heterocycles. The molecule has 0 amide bonds. The lowest BCUT2D eigenvalue weighted by atomic mass is 10.2. The van der Waals surface area contributed by atoms with Gasteiger partial charge in [-0.2, -0.15) is 0 Å². The highest BCUT2D eigenvalue weighted by atomic mass is 32.2. The van der Waals surface area contributed by atoms with Gasteiger partial charge in [-0.15, -0.1) is 0 Å². The minimum absolute atomic E-state index is 0.721. The third-order valence-electron chi connectivity index (χ3n) is 1.98. The van der Waals surface area contributed by atoms with Gasteiger partial charge in [0.1, 0.15) is 0 Å². The Kier molecular flexibility index (Phi) is 2.87. The molecule has 0 saturated heterocycles. The lowest BCUT2D eigenvalue weighted by Gasteiger charge is -2.06. The number of nitrogen functional groups attached to an aromatic ring is 1. The highest BCUT2D eigenvalue weighted by Gasteiger charge is 2.06. The summed E-state index contributed by atoms with van der Waals surface area (Å²) in [7, 11) is 0. The number of aryl methyl sites for hydroxylation is 1. The summed E-state index contributed by atoms with van der Waals surface area (Å²) >= 11 is 1.49. The quantitative estimate of drug-likeness (QED) is 0.620. The third kappa shape index (κ3) is 2.27. The Labute approximate surface area is 92.8 Å². The lowest BCUT2D eigenvalue weighted by Crippen LogP contribution is -1.92. The molecule has 76 valence electrons. The van der Waals surface area contributed by atoms with Crippen molar-refractivity contribution in [2.45, 2.75) is 17.0 Å². The van der Waals surface area contributed by atoms with E-state index in [-0.39, 0.29) is 0 Å². The van der Waals surface area contributed by atoms with Crippen molar-refractivity contribution in [3.63, 3.8) is 0 Å². The Morgan fingerprint density at radius 3 is 2.53 bits per heavy atom. The number of hydrogen-bond acceptors (Lipinski definition) is 4. The van der Waals surface area contributed by atoms with Crippen LogP contribution in [0.4, 0.5) is 5.69 Å². The van der Waals surface area contributed by atoms with Crippen LogP contribution in [0, 0.1) is 6.92 Å². The maximum absolute atomic E-state index is 5.89. The van der Waals surface area contributed by atoms with E-state index in [2.05, 4.69) is 9.97 Å². The molecule has 0 radical (unpaired) electrons. The van der Waals surface area contributed by atoms with Gasteiger partial charge >= 0.3 is 0 Å². The maximum atomic E-state index is 5.89. The second-order valence-corrected chi connectivity index (χ2v) is 4.10. The van der Waals surface area contributed by atoms with E-state index in [1.807, 2.05) is 25.1 Å². The Morgan fingerprint density at radius 1 is 1.13 bits per heavy atom. The number of benzene rings is 1. The first-order chi connectivity index (χ1) is 7.27. The molecule has 0 bridgehead atoms. The molecule has 3 nitrogen and oxygen atoms in total. The molecule has 1 heterocycles. The van der Waals surface area contributed by atoms with Crippen LogP contribution in [-0.4, -0.2) is 9.97 Å². The molecule has 0 saturated carbocycles. The average molecular weight is 217 g/mol. The van der Waals surface area contributed by atoms with Crippen molar-refractivity contribution in [1.29, 1.82) is 0 Å². The Bertz CT molecular complexity index is 436. The zero-order valence-corrected chi connectivity index (χ0v) is 9.16. The molecular weight excluding hydrogens is 206 g/mol. The maximum Gasteiger partial charge on any atom is 0.192 e. The summed E-state index contributed by atoms with van der Waals surface area (Å²) in [6.07, 6.45) is 3.45. The van der Waals surface area contributed by atoms with E-state index in [9.17, 15) is 0 Å². The monoisotopic (exact) mass is 217 g/mol. The molecule has 1 aromatic carbocycles. The highest BCUT2D eigenvalue weighted by Crippen LogP contribution is 2.32. The molecule has 0 aliphatic carbocycles. The number of hydrogen-bond donors (Lipinski definition) is 1. The van der Waals surface area contributed by atoms with E-state index >= 15 is 0 Å². The summed E-state index contributed by atoms with van der Waals surface area (Å²) in [4.78, 5) is 9.34. The van der Waals surface area contributed by atoms with Crippen LogP contribution in [0.15, 0.2) is 46.7 Å². The van der Waals surface area contributed by atoms with Crippen molar-refractivity contribution in [3.05, 3.63) is 42.2 Å². The van der Waals surface area contributed by atoms with Crippen LogP contribution < -0.4 is 5.73 Å². The number of nitrogens with zero attached hydrogens (tertiary/aromatic N) is 2. The number of rotatable bonds is 2. The SMILES string of the molecule is Cc1cccc(N)c1Sc1ncccn1. The van der Waals surface area contributed by atoms with Gasteiger partial charge in [-0.05, 0) is 36.4 Å². The van der Waals surface area contributed by atoms with Crippen LogP contribution in [-0.2, 0) is 0 Å². The average Bonchev–Trinajstić information content (AvgIpc) is 2.25. The van der Waals surface area contributed by atoms with E-state index in [0.717, 1.165) is 21.3 Å². The van der Waals surface area contributed by atoms with Gasteiger partial charge in [0.25, 0.3) is 0 Å². The van der Waals surface area contributed by atoms with Gasteiger partial charge in [0, 0.05) is 23.0 Å². The van der Waals surface area contributed by atoms with Gasteiger partial charge in [-0.3, -0.25) is 0 Å². The fraction of sp³-hybridized carbons (Fsp3) is 0.0909. The zero-order valence-electron chi connectivity index (χ0n) is 8.34. The molecule has 2 N–H and O–H groups in total.